The van der Waals surface area contributed by atoms with Gasteiger partial charge in [-0.25, -0.2) is 0 Å². The van der Waals surface area contributed by atoms with Crippen molar-refractivity contribution in [2.75, 3.05) is 52.3 Å². The van der Waals surface area contributed by atoms with Crippen LogP contribution in [0.4, 0.5) is 5.69 Å². The van der Waals surface area contributed by atoms with Crippen LogP contribution in [0.5, 0.6) is 5.75 Å². The Morgan fingerprint density at radius 1 is 0.977 bits per heavy atom. The van der Waals surface area contributed by atoms with Crippen molar-refractivity contribution in [2.24, 2.45) is 0 Å². The largest absolute Gasteiger partial charge is 0.493 e. The Balaban J connectivity index is 1.28. The van der Waals surface area contributed by atoms with Gasteiger partial charge in [0, 0.05) is 59.6 Å². The smallest absolute Gasteiger partial charge is 0.237 e. The number of benzene rings is 3. The molecule has 0 saturated carbocycles. The molecule has 9 heteroatoms. The molecule has 0 spiro atoms. The van der Waals surface area contributed by atoms with Crippen LogP contribution in [-0.2, 0) is 29.7 Å². The van der Waals surface area contributed by atoms with Crippen molar-refractivity contribution in [1.29, 1.82) is 0 Å². The first-order chi connectivity index (χ1) is 20.8. The SMILES string of the molecule is CCc1cc(Cl)c(OC)c(N2CCN(Cc3cn(CCC(C(=O)N(C)C)(c4ccccc4)c4ccccc4)nn3)CC2)c1. The van der Waals surface area contributed by atoms with Gasteiger partial charge in [0.25, 0.3) is 0 Å². The molecule has 43 heavy (non-hydrogen) atoms. The fourth-order valence-electron chi connectivity index (χ4n) is 6.09. The molecule has 0 N–H and O–H groups in total. The van der Waals surface area contributed by atoms with Crippen LogP contribution in [0.25, 0.3) is 0 Å². The van der Waals surface area contributed by atoms with Crippen LogP contribution in [0.3, 0.4) is 0 Å². The molecule has 226 valence electrons. The van der Waals surface area contributed by atoms with Gasteiger partial charge >= 0.3 is 0 Å². The van der Waals surface area contributed by atoms with Crippen molar-refractivity contribution < 1.29 is 9.53 Å². The van der Waals surface area contributed by atoms with E-state index in [1.807, 2.05) is 91.7 Å². The van der Waals surface area contributed by atoms with Gasteiger partial charge in [-0.05, 0) is 41.7 Å². The predicted molar refractivity (Wildman–Crippen MR) is 172 cm³/mol. The van der Waals surface area contributed by atoms with E-state index in [2.05, 4.69) is 33.1 Å². The molecule has 0 atom stereocenters. The minimum absolute atomic E-state index is 0.0468. The van der Waals surface area contributed by atoms with E-state index >= 15 is 0 Å². The molecular weight excluding hydrogens is 560 g/mol. The third kappa shape index (κ3) is 6.55. The van der Waals surface area contributed by atoms with Crippen LogP contribution in [0.15, 0.2) is 79.0 Å². The molecule has 1 fully saturated rings. The van der Waals surface area contributed by atoms with Gasteiger partial charge in [-0.2, -0.15) is 0 Å². The Bertz CT molecular complexity index is 1460. The number of halogens is 1. The number of rotatable bonds is 11. The summed E-state index contributed by atoms with van der Waals surface area (Å²) < 4.78 is 7.53. The number of nitrogens with zero attached hydrogens (tertiary/aromatic N) is 6. The summed E-state index contributed by atoms with van der Waals surface area (Å²) in [6.07, 6.45) is 3.50. The number of likely N-dealkylation sites (N-methyl/N-ethyl adjacent to an activating group) is 1. The topological polar surface area (TPSA) is 66.7 Å². The maximum atomic E-state index is 13.9. The fourth-order valence-corrected chi connectivity index (χ4v) is 6.40. The first-order valence-corrected chi connectivity index (χ1v) is 15.3. The molecular formula is C34H41ClN6O2. The molecule has 0 aliphatic carbocycles. The summed E-state index contributed by atoms with van der Waals surface area (Å²) in [6, 6.07) is 24.3. The van der Waals surface area contributed by atoms with Gasteiger partial charge in [-0.15, -0.1) is 5.10 Å². The highest BCUT2D eigenvalue weighted by Crippen LogP contribution is 2.39. The zero-order chi connectivity index (χ0) is 30.4. The van der Waals surface area contributed by atoms with E-state index in [4.69, 9.17) is 16.3 Å². The van der Waals surface area contributed by atoms with E-state index in [1.165, 1.54) is 5.56 Å². The number of piperazine rings is 1. The van der Waals surface area contributed by atoms with Gasteiger partial charge in [0.05, 0.1) is 23.5 Å². The summed E-state index contributed by atoms with van der Waals surface area (Å²) in [5.74, 6) is 0.788. The highest BCUT2D eigenvalue weighted by atomic mass is 35.5. The highest BCUT2D eigenvalue weighted by molar-refractivity contribution is 6.32. The number of aromatic nitrogens is 3. The van der Waals surface area contributed by atoms with E-state index in [0.717, 1.165) is 67.4 Å². The van der Waals surface area contributed by atoms with Crippen molar-refractivity contribution >= 4 is 23.2 Å². The second-order valence-corrected chi connectivity index (χ2v) is 11.7. The maximum Gasteiger partial charge on any atom is 0.237 e. The summed E-state index contributed by atoms with van der Waals surface area (Å²) in [7, 11) is 5.32. The van der Waals surface area contributed by atoms with Gasteiger partial charge in [0.1, 0.15) is 5.41 Å². The van der Waals surface area contributed by atoms with Gasteiger partial charge in [-0.1, -0.05) is 84.4 Å². The van der Waals surface area contributed by atoms with Crippen molar-refractivity contribution in [3.8, 4) is 5.75 Å². The van der Waals surface area contributed by atoms with E-state index in [-0.39, 0.29) is 5.91 Å². The molecule has 0 unspecified atom stereocenters. The normalized spacial score (nSPS) is 14.1. The molecule has 1 aliphatic rings. The minimum Gasteiger partial charge on any atom is -0.493 e. The minimum atomic E-state index is -0.840. The number of carbonyl (C=O) groups excluding carboxylic acids is 1. The number of anilines is 1. The molecule has 1 saturated heterocycles. The quantitative estimate of drug-likeness (QED) is 0.233. The molecule has 1 aliphatic heterocycles. The Kier molecular flexibility index (Phi) is 9.68. The summed E-state index contributed by atoms with van der Waals surface area (Å²) in [6.45, 7) is 6.95. The number of methoxy groups -OCH3 is 1. The van der Waals surface area contributed by atoms with Crippen LogP contribution in [0, 0.1) is 0 Å². The van der Waals surface area contributed by atoms with E-state index < -0.39 is 5.41 Å². The van der Waals surface area contributed by atoms with E-state index in [9.17, 15) is 4.79 Å². The number of hydrogen-bond acceptors (Lipinski definition) is 6. The molecule has 0 radical (unpaired) electrons. The van der Waals surface area contributed by atoms with Crippen LogP contribution in [0.2, 0.25) is 5.02 Å². The zero-order valence-electron chi connectivity index (χ0n) is 25.5. The van der Waals surface area contributed by atoms with Crippen LogP contribution in [-0.4, -0.2) is 78.1 Å². The highest BCUT2D eigenvalue weighted by Gasteiger charge is 2.42. The molecule has 0 bridgehead atoms. The molecule has 2 heterocycles. The lowest BCUT2D eigenvalue weighted by molar-refractivity contribution is -0.133. The fraction of sp³-hybridized carbons (Fsp3) is 0.382. The monoisotopic (exact) mass is 600 g/mol. The molecule has 1 aromatic heterocycles. The average Bonchev–Trinajstić information content (AvgIpc) is 3.49. The molecule has 1 amide bonds. The molecule has 4 aromatic rings. The van der Waals surface area contributed by atoms with Crippen LogP contribution < -0.4 is 9.64 Å². The van der Waals surface area contributed by atoms with Gasteiger partial charge in [0.2, 0.25) is 5.91 Å². The Morgan fingerprint density at radius 2 is 1.60 bits per heavy atom. The maximum absolute atomic E-state index is 13.9. The van der Waals surface area contributed by atoms with Crippen LogP contribution >= 0.6 is 11.6 Å². The lowest BCUT2D eigenvalue weighted by Crippen LogP contribution is -2.46. The first-order valence-electron chi connectivity index (χ1n) is 14.9. The van der Waals surface area contributed by atoms with Crippen molar-refractivity contribution in [3.63, 3.8) is 0 Å². The summed E-state index contributed by atoms with van der Waals surface area (Å²) in [4.78, 5) is 20.4. The van der Waals surface area contributed by atoms with Gasteiger partial charge < -0.3 is 14.5 Å². The molecule has 3 aromatic carbocycles. The molecule has 8 nitrogen and oxygen atoms in total. The van der Waals surface area contributed by atoms with Crippen molar-refractivity contribution in [2.45, 2.75) is 38.3 Å². The van der Waals surface area contributed by atoms with E-state index in [0.29, 0.717) is 18.0 Å². The number of hydrogen-bond donors (Lipinski definition) is 0. The summed E-state index contributed by atoms with van der Waals surface area (Å²) >= 11 is 6.53. The predicted octanol–water partition coefficient (Wildman–Crippen LogP) is 5.29. The lowest BCUT2D eigenvalue weighted by Gasteiger charge is -2.36. The third-order valence-corrected chi connectivity index (χ3v) is 8.68. The van der Waals surface area contributed by atoms with Crippen LogP contribution in [0.1, 0.15) is 35.7 Å². The van der Waals surface area contributed by atoms with E-state index in [1.54, 1.807) is 12.0 Å². The third-order valence-electron chi connectivity index (χ3n) is 8.40. The number of ether oxygens (including phenoxy) is 1. The Hall–Kier alpha value is -3.88. The average molecular weight is 601 g/mol. The number of carbonyl (C=O) groups is 1. The van der Waals surface area contributed by atoms with Gasteiger partial charge in [0.15, 0.2) is 5.75 Å². The second kappa shape index (κ2) is 13.6. The van der Waals surface area contributed by atoms with Crippen molar-refractivity contribution in [1.82, 2.24) is 24.8 Å². The zero-order valence-corrected chi connectivity index (χ0v) is 26.3. The Morgan fingerprint density at radius 3 is 2.16 bits per heavy atom. The number of aryl methyl sites for hydroxylation is 2. The lowest BCUT2D eigenvalue weighted by atomic mass is 9.71. The Labute approximate surface area is 259 Å². The first kappa shape index (κ1) is 30.6. The van der Waals surface area contributed by atoms with Gasteiger partial charge in [-0.3, -0.25) is 14.4 Å². The standard InChI is InChI=1S/C34H41ClN6O2/c1-5-26-22-30(35)32(43-4)31(23-26)40-20-18-39(19-21-40)24-29-25-41(37-36-29)17-16-34(33(42)38(2)3,27-12-8-6-9-13-27)28-14-10-7-11-15-28/h6-15,22-23,25H,5,16-21,24H2,1-4H3. The summed E-state index contributed by atoms with van der Waals surface area (Å²) in [5, 5.41) is 9.62. The summed E-state index contributed by atoms with van der Waals surface area (Å²) in [5.41, 5.74) is 4.29. The second-order valence-electron chi connectivity index (χ2n) is 11.3. The van der Waals surface area contributed by atoms with Crippen molar-refractivity contribution in [3.05, 3.63) is 106 Å². The number of amides is 1. The molecule has 5 rings (SSSR count).